The zero-order valence-electron chi connectivity index (χ0n) is 14.1. The van der Waals surface area contributed by atoms with E-state index >= 15 is 0 Å². The van der Waals surface area contributed by atoms with Crippen LogP contribution in [0.15, 0.2) is 86.7 Å². The molecule has 0 fully saturated rings. The summed E-state index contributed by atoms with van der Waals surface area (Å²) in [6, 6.07) is 19.4. The minimum Gasteiger partial charge on any atom is -0.455 e. The molecule has 3 aromatic carbocycles. The van der Waals surface area contributed by atoms with Gasteiger partial charge in [0.15, 0.2) is 5.43 Å². The van der Waals surface area contributed by atoms with Crippen LogP contribution in [-0.4, -0.2) is 0 Å². The van der Waals surface area contributed by atoms with E-state index in [1.807, 2.05) is 41.8 Å². The van der Waals surface area contributed by atoms with Crippen LogP contribution in [0.1, 0.15) is 0 Å². The van der Waals surface area contributed by atoms with Crippen LogP contribution >= 0.6 is 11.3 Å². The third-order valence-corrected chi connectivity index (χ3v) is 5.39. The van der Waals surface area contributed by atoms with Crippen molar-refractivity contribution in [3.8, 4) is 22.5 Å². The summed E-state index contributed by atoms with van der Waals surface area (Å²) in [7, 11) is 0. The average molecular weight is 372 g/mol. The highest BCUT2D eigenvalue weighted by Crippen LogP contribution is 2.36. The molecule has 0 atom stereocenters. The van der Waals surface area contributed by atoms with E-state index in [2.05, 4.69) is 5.38 Å². The average Bonchev–Trinajstić information content (AvgIpc) is 3.22. The Labute approximate surface area is 158 Å². The zero-order valence-corrected chi connectivity index (χ0v) is 14.9. The molecule has 2 nitrogen and oxygen atoms in total. The molecule has 4 heteroatoms. The lowest BCUT2D eigenvalue weighted by Crippen LogP contribution is -2.02. The summed E-state index contributed by atoms with van der Waals surface area (Å²) in [4.78, 5) is 12.9. The molecular weight excluding hydrogens is 359 g/mol. The van der Waals surface area contributed by atoms with Crippen molar-refractivity contribution in [3.63, 3.8) is 0 Å². The molecule has 5 aromatic rings. The van der Waals surface area contributed by atoms with Crippen molar-refractivity contribution in [2.75, 3.05) is 0 Å². The fraction of sp³-hybridized carbons (Fsp3) is 0. The molecule has 5 rings (SSSR count). The van der Waals surface area contributed by atoms with Crippen molar-refractivity contribution < 1.29 is 8.81 Å². The number of thiophene rings is 1. The van der Waals surface area contributed by atoms with Crippen molar-refractivity contribution in [1.29, 1.82) is 0 Å². The van der Waals surface area contributed by atoms with Gasteiger partial charge in [0, 0.05) is 11.5 Å². The largest absolute Gasteiger partial charge is 0.455 e. The second-order valence-corrected chi connectivity index (χ2v) is 7.09. The Hall–Kier alpha value is -3.24. The molecule has 0 spiro atoms. The highest BCUT2D eigenvalue weighted by atomic mass is 32.1. The van der Waals surface area contributed by atoms with Crippen molar-refractivity contribution >= 4 is 33.1 Å². The summed E-state index contributed by atoms with van der Waals surface area (Å²) in [5.74, 6) is -0.182. The van der Waals surface area contributed by atoms with E-state index in [0.717, 1.165) is 21.9 Å². The number of fused-ring (bicyclic) bond motifs is 3. The van der Waals surface area contributed by atoms with E-state index in [0.29, 0.717) is 11.0 Å². The Morgan fingerprint density at radius 3 is 2.37 bits per heavy atom. The molecule has 0 unspecified atom stereocenters. The number of halogens is 1. The number of hydrogen-bond donors (Lipinski definition) is 0. The molecule has 0 aliphatic carbocycles. The first kappa shape index (κ1) is 16.0. The van der Waals surface area contributed by atoms with E-state index in [-0.39, 0.29) is 16.8 Å². The Bertz CT molecular complexity index is 1350. The minimum atomic E-state index is -0.417. The first-order valence-corrected chi connectivity index (χ1v) is 9.44. The molecule has 0 aliphatic rings. The summed E-state index contributed by atoms with van der Waals surface area (Å²) in [6.07, 6.45) is 0. The van der Waals surface area contributed by atoms with Crippen LogP contribution in [-0.2, 0) is 0 Å². The second-order valence-electron chi connectivity index (χ2n) is 6.31. The monoisotopic (exact) mass is 372 g/mol. The van der Waals surface area contributed by atoms with E-state index < -0.39 is 5.82 Å². The molecule has 0 saturated heterocycles. The van der Waals surface area contributed by atoms with E-state index in [1.165, 1.54) is 12.1 Å². The Kier molecular flexibility index (Phi) is 3.66. The number of hydrogen-bond acceptors (Lipinski definition) is 3. The van der Waals surface area contributed by atoms with Gasteiger partial charge in [-0.15, -0.1) is 0 Å². The van der Waals surface area contributed by atoms with Gasteiger partial charge in [-0.2, -0.15) is 11.3 Å². The predicted molar refractivity (Wildman–Crippen MR) is 109 cm³/mol. The van der Waals surface area contributed by atoms with E-state index in [4.69, 9.17) is 4.42 Å². The van der Waals surface area contributed by atoms with Crippen LogP contribution in [0.25, 0.3) is 44.2 Å². The van der Waals surface area contributed by atoms with Crippen molar-refractivity contribution in [1.82, 2.24) is 0 Å². The van der Waals surface area contributed by atoms with Crippen molar-refractivity contribution in [2.45, 2.75) is 0 Å². The Morgan fingerprint density at radius 1 is 0.815 bits per heavy atom. The molecule has 2 heterocycles. The third kappa shape index (κ3) is 2.57. The van der Waals surface area contributed by atoms with Gasteiger partial charge in [-0.1, -0.05) is 36.4 Å². The van der Waals surface area contributed by atoms with E-state index in [1.54, 1.807) is 29.5 Å². The highest BCUT2D eigenvalue weighted by Gasteiger charge is 2.15. The molecule has 0 saturated carbocycles. The first-order valence-electron chi connectivity index (χ1n) is 8.49. The quantitative estimate of drug-likeness (QED) is 0.332. The SMILES string of the molecule is O=c1cc(-c2ccccc2F)oc2c1cc(-c1ccsc1)c1ccccc12. The first-order chi connectivity index (χ1) is 13.2. The predicted octanol–water partition coefficient (Wildman–Crippen LogP) is 6.48. The summed E-state index contributed by atoms with van der Waals surface area (Å²) in [5.41, 5.74) is 2.63. The van der Waals surface area contributed by atoms with Gasteiger partial charge in [0.1, 0.15) is 17.2 Å². The van der Waals surface area contributed by atoms with Gasteiger partial charge in [0.25, 0.3) is 0 Å². The van der Waals surface area contributed by atoms with Gasteiger partial charge in [0.2, 0.25) is 0 Å². The molecule has 0 aliphatic heterocycles. The number of benzene rings is 3. The van der Waals surface area contributed by atoms with Gasteiger partial charge in [-0.25, -0.2) is 4.39 Å². The highest BCUT2D eigenvalue weighted by molar-refractivity contribution is 7.08. The molecule has 0 amide bonds. The fourth-order valence-electron chi connectivity index (χ4n) is 3.43. The van der Waals surface area contributed by atoms with Crippen LogP contribution in [0.5, 0.6) is 0 Å². The van der Waals surface area contributed by atoms with Crippen LogP contribution in [0.3, 0.4) is 0 Å². The number of rotatable bonds is 2. The minimum absolute atomic E-state index is 0.184. The molecule has 130 valence electrons. The Morgan fingerprint density at radius 2 is 1.59 bits per heavy atom. The molecule has 0 N–H and O–H groups in total. The molecular formula is C23H13FO2S. The summed E-state index contributed by atoms with van der Waals surface area (Å²) < 4.78 is 20.3. The molecule has 0 bridgehead atoms. The smallest absolute Gasteiger partial charge is 0.193 e. The molecule has 27 heavy (non-hydrogen) atoms. The van der Waals surface area contributed by atoms with Crippen molar-refractivity contribution in [2.24, 2.45) is 0 Å². The van der Waals surface area contributed by atoms with Gasteiger partial charge in [-0.3, -0.25) is 4.79 Å². The van der Waals surface area contributed by atoms with Crippen LogP contribution < -0.4 is 5.43 Å². The van der Waals surface area contributed by atoms with Crippen LogP contribution in [0, 0.1) is 5.82 Å². The lowest BCUT2D eigenvalue weighted by Gasteiger charge is -2.10. The maximum Gasteiger partial charge on any atom is 0.193 e. The van der Waals surface area contributed by atoms with Gasteiger partial charge < -0.3 is 4.42 Å². The third-order valence-electron chi connectivity index (χ3n) is 4.71. The lowest BCUT2D eigenvalue weighted by molar-refractivity contribution is 0.596. The summed E-state index contributed by atoms with van der Waals surface area (Å²) in [6.45, 7) is 0. The fourth-order valence-corrected chi connectivity index (χ4v) is 4.08. The standard InChI is InChI=1S/C23H13FO2S/c24-20-8-4-3-7-17(20)22-12-21(25)19-11-18(14-9-10-27-13-14)15-5-1-2-6-16(15)23(19)26-22/h1-13H. The zero-order chi connectivity index (χ0) is 18.4. The van der Waals surface area contributed by atoms with Gasteiger partial charge in [0.05, 0.1) is 10.9 Å². The van der Waals surface area contributed by atoms with Gasteiger partial charge >= 0.3 is 0 Å². The lowest BCUT2D eigenvalue weighted by atomic mass is 9.97. The maximum absolute atomic E-state index is 14.2. The maximum atomic E-state index is 14.2. The molecule has 0 radical (unpaired) electrons. The van der Waals surface area contributed by atoms with Gasteiger partial charge in [-0.05, 0) is 51.5 Å². The second kappa shape index (κ2) is 6.18. The van der Waals surface area contributed by atoms with E-state index in [9.17, 15) is 9.18 Å². The Balaban J connectivity index is 1.90. The normalized spacial score (nSPS) is 11.3. The topological polar surface area (TPSA) is 30.2 Å². The van der Waals surface area contributed by atoms with Crippen molar-refractivity contribution in [3.05, 3.63) is 93.5 Å². The molecule has 2 aromatic heterocycles. The van der Waals surface area contributed by atoms with Crippen LogP contribution in [0.2, 0.25) is 0 Å². The van der Waals surface area contributed by atoms with Crippen LogP contribution in [0.4, 0.5) is 4.39 Å². The summed E-state index contributed by atoms with van der Waals surface area (Å²) in [5, 5.41) is 6.40. The summed E-state index contributed by atoms with van der Waals surface area (Å²) >= 11 is 1.61.